The van der Waals surface area contributed by atoms with Crippen LogP contribution in [-0.4, -0.2) is 43.6 Å². The molecule has 0 spiro atoms. The van der Waals surface area contributed by atoms with Crippen molar-refractivity contribution in [1.82, 2.24) is 5.32 Å². The van der Waals surface area contributed by atoms with Crippen molar-refractivity contribution in [1.29, 1.82) is 0 Å². The minimum atomic E-state index is -0.594. The predicted molar refractivity (Wildman–Crippen MR) is 96.3 cm³/mol. The number of nitrogens with one attached hydrogen (secondary N) is 2. The molecule has 0 aromatic heterocycles. The monoisotopic (exact) mass is 367 g/mol. The number of hydrogen-bond donors (Lipinski definition) is 2. The molecule has 0 unspecified atom stereocenters. The molecule has 1 aromatic carbocycles. The van der Waals surface area contributed by atoms with Crippen LogP contribution < -0.4 is 15.4 Å². The number of benzene rings is 1. The number of aryl methyl sites for hydroxylation is 1. The summed E-state index contributed by atoms with van der Waals surface area (Å²) < 4.78 is 9.76. The molecule has 2 N–H and O–H groups in total. The third-order valence-corrected chi connectivity index (χ3v) is 4.15. The SMILES string of the molecule is CC[C@H](C)[C@H](NCC(=O)Nc1cc(OC)c([N+](=O)[O-])cc1C)C(=O)OC. The van der Waals surface area contributed by atoms with Gasteiger partial charge in [-0.25, -0.2) is 0 Å². The van der Waals surface area contributed by atoms with Gasteiger partial charge in [-0.2, -0.15) is 0 Å². The molecular weight excluding hydrogens is 342 g/mol. The lowest BCUT2D eigenvalue weighted by atomic mass is 9.99. The van der Waals surface area contributed by atoms with Gasteiger partial charge in [0.1, 0.15) is 6.04 Å². The average molecular weight is 367 g/mol. The van der Waals surface area contributed by atoms with E-state index in [0.717, 1.165) is 6.42 Å². The summed E-state index contributed by atoms with van der Waals surface area (Å²) >= 11 is 0. The van der Waals surface area contributed by atoms with Crippen LogP contribution in [0.2, 0.25) is 0 Å². The number of nitro groups is 1. The van der Waals surface area contributed by atoms with Gasteiger partial charge in [-0.05, 0) is 18.4 Å². The number of nitrogens with zero attached hydrogens (tertiary/aromatic N) is 1. The van der Waals surface area contributed by atoms with Crippen LogP contribution in [0.3, 0.4) is 0 Å². The highest BCUT2D eigenvalue weighted by Gasteiger charge is 2.25. The number of carbonyl (C=O) groups is 2. The quantitative estimate of drug-likeness (QED) is 0.389. The van der Waals surface area contributed by atoms with Gasteiger partial charge >= 0.3 is 11.7 Å². The Hall–Kier alpha value is -2.68. The Morgan fingerprint density at radius 2 is 1.96 bits per heavy atom. The van der Waals surface area contributed by atoms with Gasteiger partial charge in [-0.15, -0.1) is 0 Å². The zero-order valence-corrected chi connectivity index (χ0v) is 15.6. The van der Waals surface area contributed by atoms with Crippen molar-refractivity contribution in [3.05, 3.63) is 27.8 Å². The molecule has 0 bridgehead atoms. The van der Waals surface area contributed by atoms with Crippen molar-refractivity contribution < 1.29 is 24.0 Å². The number of nitro benzene ring substituents is 1. The summed E-state index contributed by atoms with van der Waals surface area (Å²) in [5, 5.41) is 16.6. The molecule has 0 aliphatic rings. The minimum absolute atomic E-state index is 0.00328. The van der Waals surface area contributed by atoms with Gasteiger partial charge in [0, 0.05) is 17.8 Å². The molecule has 1 amide bonds. The summed E-state index contributed by atoms with van der Waals surface area (Å²) in [6.07, 6.45) is 0.743. The highest BCUT2D eigenvalue weighted by atomic mass is 16.6. The van der Waals surface area contributed by atoms with Crippen LogP contribution in [-0.2, 0) is 14.3 Å². The molecule has 2 atom stereocenters. The van der Waals surface area contributed by atoms with Crippen molar-refractivity contribution >= 4 is 23.3 Å². The lowest BCUT2D eigenvalue weighted by molar-refractivity contribution is -0.385. The summed E-state index contributed by atoms with van der Waals surface area (Å²) in [6, 6.07) is 2.14. The molecular formula is C17H25N3O6. The largest absolute Gasteiger partial charge is 0.490 e. The number of amides is 1. The van der Waals surface area contributed by atoms with E-state index in [0.29, 0.717) is 11.3 Å². The average Bonchev–Trinajstić information content (AvgIpc) is 2.62. The van der Waals surface area contributed by atoms with Crippen molar-refractivity contribution in [3.63, 3.8) is 0 Å². The van der Waals surface area contributed by atoms with Gasteiger partial charge in [-0.3, -0.25) is 25.0 Å². The molecule has 0 heterocycles. The Labute approximate surface area is 152 Å². The van der Waals surface area contributed by atoms with Crippen molar-refractivity contribution in [2.75, 3.05) is 26.1 Å². The smallest absolute Gasteiger partial charge is 0.323 e. The molecule has 0 aliphatic heterocycles. The highest BCUT2D eigenvalue weighted by molar-refractivity contribution is 5.94. The van der Waals surface area contributed by atoms with E-state index in [1.54, 1.807) is 6.92 Å². The van der Waals surface area contributed by atoms with E-state index in [4.69, 9.17) is 9.47 Å². The van der Waals surface area contributed by atoms with E-state index in [1.165, 1.54) is 26.4 Å². The third kappa shape index (κ3) is 5.41. The van der Waals surface area contributed by atoms with Gasteiger partial charge < -0.3 is 14.8 Å². The number of methoxy groups -OCH3 is 2. The number of rotatable bonds is 9. The number of esters is 1. The standard InChI is InChI=1S/C17H25N3O6/c1-6-10(2)16(17(22)26-5)18-9-15(21)19-12-8-14(25-4)13(20(23)24)7-11(12)3/h7-8,10,16,18H,6,9H2,1-5H3,(H,19,21)/t10-,16-/m0/s1. The first kappa shape index (κ1) is 21.4. The van der Waals surface area contributed by atoms with Crippen LogP contribution in [0.25, 0.3) is 0 Å². The first-order valence-electron chi connectivity index (χ1n) is 8.19. The van der Waals surface area contributed by atoms with Gasteiger partial charge in [0.25, 0.3) is 0 Å². The minimum Gasteiger partial charge on any atom is -0.490 e. The summed E-state index contributed by atoms with van der Waals surface area (Å²) in [4.78, 5) is 34.5. The van der Waals surface area contributed by atoms with E-state index in [1.807, 2.05) is 13.8 Å². The van der Waals surface area contributed by atoms with Crippen LogP contribution in [0.4, 0.5) is 11.4 Å². The van der Waals surface area contributed by atoms with Gasteiger partial charge in [0.2, 0.25) is 5.91 Å². The summed E-state index contributed by atoms with van der Waals surface area (Å²) in [5.74, 6) is -0.770. The zero-order chi connectivity index (χ0) is 19.9. The number of carbonyl (C=O) groups excluding carboxylic acids is 2. The number of hydrogen-bond acceptors (Lipinski definition) is 7. The third-order valence-electron chi connectivity index (χ3n) is 4.15. The van der Waals surface area contributed by atoms with E-state index in [2.05, 4.69) is 10.6 Å². The summed E-state index contributed by atoms with van der Waals surface area (Å²) in [7, 11) is 2.61. The Morgan fingerprint density at radius 3 is 2.46 bits per heavy atom. The first-order chi connectivity index (χ1) is 12.2. The van der Waals surface area contributed by atoms with Crippen LogP contribution in [0.5, 0.6) is 5.75 Å². The van der Waals surface area contributed by atoms with Crippen LogP contribution in [0.15, 0.2) is 12.1 Å². The van der Waals surface area contributed by atoms with E-state index < -0.39 is 16.9 Å². The molecule has 0 saturated heterocycles. The first-order valence-corrected chi connectivity index (χ1v) is 8.19. The fraction of sp³-hybridized carbons (Fsp3) is 0.529. The van der Waals surface area contributed by atoms with Crippen LogP contribution in [0.1, 0.15) is 25.8 Å². The maximum absolute atomic E-state index is 12.2. The molecule has 9 heteroatoms. The second kappa shape index (κ2) is 9.71. The number of ether oxygens (including phenoxy) is 2. The second-order valence-corrected chi connectivity index (χ2v) is 5.91. The molecule has 1 aromatic rings. The molecule has 1 rings (SSSR count). The fourth-order valence-electron chi connectivity index (χ4n) is 2.39. The van der Waals surface area contributed by atoms with Crippen LogP contribution in [0, 0.1) is 23.0 Å². The normalized spacial score (nSPS) is 12.8. The zero-order valence-electron chi connectivity index (χ0n) is 15.6. The van der Waals surface area contributed by atoms with Gasteiger partial charge in [-0.1, -0.05) is 20.3 Å². The Kier molecular flexibility index (Phi) is 7.98. The number of anilines is 1. The molecule has 0 radical (unpaired) electrons. The topological polar surface area (TPSA) is 120 Å². The van der Waals surface area contributed by atoms with E-state index >= 15 is 0 Å². The van der Waals surface area contributed by atoms with Crippen molar-refractivity contribution in [2.24, 2.45) is 5.92 Å². The maximum atomic E-state index is 12.2. The lowest BCUT2D eigenvalue weighted by Crippen LogP contribution is -2.45. The van der Waals surface area contributed by atoms with Crippen LogP contribution >= 0.6 is 0 Å². The van der Waals surface area contributed by atoms with E-state index in [9.17, 15) is 19.7 Å². The highest BCUT2D eigenvalue weighted by Crippen LogP contribution is 2.32. The molecule has 0 aliphatic carbocycles. The maximum Gasteiger partial charge on any atom is 0.323 e. The Bertz CT molecular complexity index is 677. The second-order valence-electron chi connectivity index (χ2n) is 5.91. The molecule has 26 heavy (non-hydrogen) atoms. The van der Waals surface area contributed by atoms with Crippen molar-refractivity contribution in [2.45, 2.75) is 33.2 Å². The summed E-state index contributed by atoms with van der Waals surface area (Å²) in [6.45, 7) is 5.36. The Morgan fingerprint density at radius 1 is 1.31 bits per heavy atom. The Balaban J connectivity index is 2.84. The predicted octanol–water partition coefficient (Wildman–Crippen LogP) is 2.03. The molecule has 9 nitrogen and oxygen atoms in total. The summed E-state index contributed by atoms with van der Waals surface area (Å²) in [5.41, 5.74) is 0.748. The van der Waals surface area contributed by atoms with Gasteiger partial charge in [0.05, 0.1) is 25.7 Å². The molecule has 144 valence electrons. The van der Waals surface area contributed by atoms with Gasteiger partial charge in [0.15, 0.2) is 5.75 Å². The lowest BCUT2D eigenvalue weighted by Gasteiger charge is -2.21. The van der Waals surface area contributed by atoms with Crippen molar-refractivity contribution in [3.8, 4) is 5.75 Å². The molecule has 0 saturated carbocycles. The molecule has 0 fully saturated rings. The van der Waals surface area contributed by atoms with E-state index in [-0.39, 0.29) is 29.8 Å². The fourth-order valence-corrected chi connectivity index (χ4v) is 2.39.